The Kier molecular flexibility index (Phi) is 7.09. The zero-order valence-corrected chi connectivity index (χ0v) is 14.7. The van der Waals surface area contributed by atoms with E-state index in [1.54, 1.807) is 12.0 Å². The van der Waals surface area contributed by atoms with Gasteiger partial charge in [0, 0.05) is 19.5 Å². The second kappa shape index (κ2) is 9.30. The number of carbonyl (C=O) groups is 2. The van der Waals surface area contributed by atoms with Crippen molar-refractivity contribution >= 4 is 11.8 Å². The van der Waals surface area contributed by atoms with Crippen LogP contribution in [0.25, 0.3) is 0 Å². The number of carbonyl (C=O) groups excluding carboxylic acids is 2. The van der Waals surface area contributed by atoms with Gasteiger partial charge in [-0.2, -0.15) is 0 Å². The molecule has 0 spiro atoms. The molecule has 0 aromatic heterocycles. The Morgan fingerprint density at radius 1 is 1.25 bits per heavy atom. The molecule has 0 bridgehead atoms. The topological polar surface area (TPSA) is 58.6 Å². The summed E-state index contributed by atoms with van der Waals surface area (Å²) in [5.74, 6) is 0.677. The quantitative estimate of drug-likeness (QED) is 0.835. The van der Waals surface area contributed by atoms with Gasteiger partial charge in [-0.3, -0.25) is 9.59 Å². The highest BCUT2D eigenvalue weighted by Crippen LogP contribution is 2.17. The van der Waals surface area contributed by atoms with Crippen molar-refractivity contribution in [1.82, 2.24) is 10.2 Å². The Morgan fingerprint density at radius 2 is 2.00 bits per heavy atom. The van der Waals surface area contributed by atoms with Crippen LogP contribution in [-0.4, -0.2) is 43.0 Å². The van der Waals surface area contributed by atoms with Gasteiger partial charge in [-0.15, -0.1) is 0 Å². The minimum atomic E-state index is -0.0725. The van der Waals surface area contributed by atoms with E-state index in [0.29, 0.717) is 13.0 Å². The lowest BCUT2D eigenvalue weighted by Crippen LogP contribution is -2.44. The number of hydrogen-bond acceptors (Lipinski definition) is 3. The van der Waals surface area contributed by atoms with Gasteiger partial charge in [0.05, 0.1) is 13.7 Å². The number of nitrogens with one attached hydrogen (secondary N) is 1. The molecule has 1 aromatic carbocycles. The van der Waals surface area contributed by atoms with E-state index in [0.717, 1.165) is 24.2 Å². The monoisotopic (exact) mass is 332 g/mol. The molecule has 1 aromatic rings. The Labute approximate surface area is 144 Å². The zero-order chi connectivity index (χ0) is 17.4. The Morgan fingerprint density at radius 3 is 2.67 bits per heavy atom. The lowest BCUT2D eigenvalue weighted by molar-refractivity contribution is -0.134. The van der Waals surface area contributed by atoms with E-state index in [2.05, 4.69) is 5.32 Å². The second-order valence-corrected chi connectivity index (χ2v) is 6.44. The van der Waals surface area contributed by atoms with Crippen molar-refractivity contribution in [3.8, 4) is 5.75 Å². The lowest BCUT2D eigenvalue weighted by atomic mass is 9.95. The fourth-order valence-electron chi connectivity index (χ4n) is 3.13. The molecular formula is C19H28N2O3. The Balaban J connectivity index is 1.84. The van der Waals surface area contributed by atoms with Crippen molar-refractivity contribution in [3.63, 3.8) is 0 Å². The predicted octanol–water partition coefficient (Wildman–Crippen LogP) is 2.54. The Hall–Kier alpha value is -2.04. The first-order chi connectivity index (χ1) is 11.6. The molecule has 0 aliphatic heterocycles. The van der Waals surface area contributed by atoms with Gasteiger partial charge in [0.25, 0.3) is 0 Å². The van der Waals surface area contributed by atoms with Gasteiger partial charge in [0.1, 0.15) is 5.75 Å². The number of benzene rings is 1. The summed E-state index contributed by atoms with van der Waals surface area (Å²) in [5.41, 5.74) is 1.09. The molecular weight excluding hydrogens is 304 g/mol. The highest BCUT2D eigenvalue weighted by molar-refractivity contribution is 5.83. The van der Waals surface area contributed by atoms with Crippen LogP contribution in [0.5, 0.6) is 5.75 Å². The summed E-state index contributed by atoms with van der Waals surface area (Å²) in [6.45, 7) is 2.18. The molecule has 2 amide bonds. The third-order valence-corrected chi connectivity index (χ3v) is 4.55. The molecule has 1 aliphatic carbocycles. The van der Waals surface area contributed by atoms with E-state index < -0.39 is 0 Å². The van der Waals surface area contributed by atoms with Crippen LogP contribution in [0.3, 0.4) is 0 Å². The molecule has 1 saturated carbocycles. The summed E-state index contributed by atoms with van der Waals surface area (Å²) < 4.78 is 5.21. The van der Waals surface area contributed by atoms with E-state index in [4.69, 9.17) is 4.74 Å². The van der Waals surface area contributed by atoms with Crippen LogP contribution >= 0.6 is 0 Å². The van der Waals surface area contributed by atoms with E-state index >= 15 is 0 Å². The number of hydrogen-bond donors (Lipinski definition) is 1. The maximum Gasteiger partial charge on any atom is 0.239 e. The maximum atomic E-state index is 12.2. The summed E-state index contributed by atoms with van der Waals surface area (Å²) >= 11 is 0. The van der Waals surface area contributed by atoms with Crippen LogP contribution in [-0.2, 0) is 16.0 Å². The van der Waals surface area contributed by atoms with Crippen molar-refractivity contribution in [2.24, 2.45) is 0 Å². The fourth-order valence-corrected chi connectivity index (χ4v) is 3.13. The SMILES string of the molecule is COc1cccc(CCN(CC(=O)NC2CCCCC2)C(C)=O)c1. The summed E-state index contributed by atoms with van der Waals surface area (Å²) in [5, 5.41) is 3.07. The molecule has 0 unspecified atom stereocenters. The zero-order valence-electron chi connectivity index (χ0n) is 14.7. The first-order valence-electron chi connectivity index (χ1n) is 8.76. The number of rotatable bonds is 7. The van der Waals surface area contributed by atoms with Gasteiger partial charge in [-0.25, -0.2) is 0 Å². The standard InChI is InChI=1S/C19H28N2O3/c1-15(22)21(12-11-16-7-6-10-18(13-16)24-2)14-19(23)20-17-8-4-3-5-9-17/h6-7,10,13,17H,3-5,8-9,11-12,14H2,1-2H3,(H,20,23). The predicted molar refractivity (Wildman–Crippen MR) is 94.0 cm³/mol. The van der Waals surface area contributed by atoms with Gasteiger partial charge in [-0.05, 0) is 37.0 Å². The van der Waals surface area contributed by atoms with Gasteiger partial charge >= 0.3 is 0 Å². The van der Waals surface area contributed by atoms with Crippen molar-refractivity contribution in [3.05, 3.63) is 29.8 Å². The van der Waals surface area contributed by atoms with Crippen molar-refractivity contribution in [2.45, 2.75) is 51.5 Å². The number of methoxy groups -OCH3 is 1. The molecule has 0 saturated heterocycles. The minimum Gasteiger partial charge on any atom is -0.497 e. The lowest BCUT2D eigenvalue weighted by Gasteiger charge is -2.25. The smallest absolute Gasteiger partial charge is 0.239 e. The molecule has 1 N–H and O–H groups in total. The van der Waals surface area contributed by atoms with E-state index in [1.807, 2.05) is 24.3 Å². The Bertz CT molecular complexity index is 553. The summed E-state index contributed by atoms with van der Waals surface area (Å²) in [4.78, 5) is 25.7. The first-order valence-corrected chi connectivity index (χ1v) is 8.76. The summed E-state index contributed by atoms with van der Waals surface area (Å²) in [7, 11) is 1.64. The normalized spacial score (nSPS) is 14.9. The molecule has 5 heteroatoms. The number of amides is 2. The van der Waals surface area contributed by atoms with Crippen molar-refractivity contribution in [2.75, 3.05) is 20.2 Å². The fraction of sp³-hybridized carbons (Fsp3) is 0.579. The molecule has 0 heterocycles. The van der Waals surface area contributed by atoms with E-state index in [1.165, 1.54) is 26.2 Å². The minimum absolute atomic E-state index is 0.0530. The van der Waals surface area contributed by atoms with Crippen LogP contribution < -0.4 is 10.1 Å². The van der Waals surface area contributed by atoms with Gasteiger partial charge in [0.2, 0.25) is 11.8 Å². The van der Waals surface area contributed by atoms with Gasteiger partial charge in [0.15, 0.2) is 0 Å². The molecule has 132 valence electrons. The van der Waals surface area contributed by atoms with Crippen LogP contribution in [0.15, 0.2) is 24.3 Å². The average Bonchev–Trinajstić information content (AvgIpc) is 2.59. The van der Waals surface area contributed by atoms with E-state index in [-0.39, 0.29) is 24.4 Å². The summed E-state index contributed by atoms with van der Waals surface area (Å²) in [6, 6.07) is 8.06. The first kappa shape index (κ1) is 18.3. The van der Waals surface area contributed by atoms with E-state index in [9.17, 15) is 9.59 Å². The van der Waals surface area contributed by atoms with Crippen molar-refractivity contribution in [1.29, 1.82) is 0 Å². The van der Waals surface area contributed by atoms with Crippen LogP contribution in [0, 0.1) is 0 Å². The molecule has 1 fully saturated rings. The number of nitrogens with zero attached hydrogens (tertiary/aromatic N) is 1. The number of ether oxygens (including phenoxy) is 1. The molecule has 0 radical (unpaired) electrons. The highest BCUT2D eigenvalue weighted by atomic mass is 16.5. The maximum absolute atomic E-state index is 12.2. The van der Waals surface area contributed by atoms with Crippen LogP contribution in [0.4, 0.5) is 0 Å². The third-order valence-electron chi connectivity index (χ3n) is 4.55. The van der Waals surface area contributed by atoms with Gasteiger partial charge in [-0.1, -0.05) is 31.4 Å². The average molecular weight is 332 g/mol. The summed E-state index contributed by atoms with van der Waals surface area (Å²) in [6.07, 6.45) is 6.42. The van der Waals surface area contributed by atoms with Crippen LogP contribution in [0.2, 0.25) is 0 Å². The highest BCUT2D eigenvalue weighted by Gasteiger charge is 2.18. The molecule has 0 atom stereocenters. The van der Waals surface area contributed by atoms with Crippen molar-refractivity contribution < 1.29 is 14.3 Å². The molecule has 5 nitrogen and oxygen atoms in total. The largest absolute Gasteiger partial charge is 0.497 e. The molecule has 1 aliphatic rings. The van der Waals surface area contributed by atoms with Gasteiger partial charge < -0.3 is 15.0 Å². The third kappa shape index (κ3) is 5.87. The molecule has 2 rings (SSSR count). The molecule has 24 heavy (non-hydrogen) atoms. The van der Waals surface area contributed by atoms with Crippen LogP contribution in [0.1, 0.15) is 44.6 Å². The second-order valence-electron chi connectivity index (χ2n) is 6.44.